The number of hydrogen-bond acceptors (Lipinski definition) is 8. The Bertz CT molecular complexity index is 968. The number of aromatic nitrogens is 1. The summed E-state index contributed by atoms with van der Waals surface area (Å²) in [5, 5.41) is 4.47. The van der Waals surface area contributed by atoms with Gasteiger partial charge in [-0.05, 0) is 88.8 Å². The molecule has 1 aromatic carbocycles. The topological polar surface area (TPSA) is 131 Å². The summed E-state index contributed by atoms with van der Waals surface area (Å²) in [6, 6.07) is 6.83. The molecule has 2 aromatic rings. The first-order chi connectivity index (χ1) is 21.1. The normalized spacial score (nSPS) is 15.3. The van der Waals surface area contributed by atoms with Crippen LogP contribution in [0, 0.1) is 5.92 Å². The minimum atomic E-state index is 0.179. The zero-order chi connectivity index (χ0) is 33.0. The zero-order valence-corrected chi connectivity index (χ0v) is 28.7. The lowest BCUT2D eigenvalue weighted by Crippen LogP contribution is -2.39. The fourth-order valence-corrected chi connectivity index (χ4v) is 6.31. The number of hydrogen-bond donors (Lipinski definition) is 3. The van der Waals surface area contributed by atoms with E-state index in [0.29, 0.717) is 18.3 Å². The van der Waals surface area contributed by atoms with Gasteiger partial charge in [0.15, 0.2) is 0 Å². The summed E-state index contributed by atoms with van der Waals surface area (Å²) in [5.41, 5.74) is 11.4. The number of carbonyl (C=O) groups excluding carboxylic acids is 3. The molecular formula is C34H61N5O3S. The van der Waals surface area contributed by atoms with Crippen molar-refractivity contribution in [1.82, 2.24) is 15.2 Å². The van der Waals surface area contributed by atoms with Gasteiger partial charge in [-0.3, -0.25) is 9.69 Å². The van der Waals surface area contributed by atoms with Crippen molar-refractivity contribution < 1.29 is 14.4 Å². The first-order valence-corrected chi connectivity index (χ1v) is 16.7. The van der Waals surface area contributed by atoms with E-state index in [-0.39, 0.29) is 11.9 Å². The summed E-state index contributed by atoms with van der Waals surface area (Å²) in [5.74, 6) is 1.33. The van der Waals surface area contributed by atoms with Gasteiger partial charge in [0, 0.05) is 25.4 Å². The third kappa shape index (κ3) is 16.8. The van der Waals surface area contributed by atoms with Crippen LogP contribution in [0.4, 0.5) is 0 Å². The highest BCUT2D eigenvalue weighted by molar-refractivity contribution is 7.18. The smallest absolute Gasteiger partial charge is 0.220 e. The molecule has 1 saturated carbocycles. The molecule has 1 amide bonds. The van der Waals surface area contributed by atoms with E-state index in [1.165, 1.54) is 82.4 Å². The van der Waals surface area contributed by atoms with Gasteiger partial charge in [-0.1, -0.05) is 65.2 Å². The van der Waals surface area contributed by atoms with Crippen LogP contribution in [0.2, 0.25) is 0 Å². The van der Waals surface area contributed by atoms with Gasteiger partial charge in [-0.15, -0.1) is 11.3 Å². The second-order valence-electron chi connectivity index (χ2n) is 10.3. The Hall–Kier alpha value is -2.46. The van der Waals surface area contributed by atoms with Gasteiger partial charge < -0.3 is 26.4 Å². The third-order valence-electron chi connectivity index (χ3n) is 7.37. The number of thiazole rings is 1. The molecule has 1 saturated heterocycles. The molecule has 5 N–H and O–H groups in total. The van der Waals surface area contributed by atoms with Crippen LogP contribution < -0.4 is 16.8 Å². The molecule has 0 spiro atoms. The highest BCUT2D eigenvalue weighted by atomic mass is 32.1. The van der Waals surface area contributed by atoms with E-state index < -0.39 is 0 Å². The van der Waals surface area contributed by atoms with Crippen LogP contribution in [0.15, 0.2) is 30.4 Å². The Morgan fingerprint density at radius 1 is 1.00 bits per heavy atom. The molecule has 1 atom stereocenters. The van der Waals surface area contributed by atoms with Gasteiger partial charge in [0.1, 0.15) is 13.6 Å². The molecule has 2 fully saturated rings. The summed E-state index contributed by atoms with van der Waals surface area (Å²) < 4.78 is 1.24. The number of carbonyl (C=O) groups is 3. The molecule has 1 aromatic heterocycles. The second-order valence-corrected chi connectivity index (χ2v) is 11.4. The van der Waals surface area contributed by atoms with Crippen LogP contribution in [0.1, 0.15) is 102 Å². The van der Waals surface area contributed by atoms with Gasteiger partial charge in [0.05, 0.1) is 15.2 Å². The van der Waals surface area contributed by atoms with E-state index in [4.69, 9.17) is 14.6 Å². The first-order valence-electron chi connectivity index (χ1n) is 15.9. The first kappa shape index (κ1) is 42.7. The number of amides is 1. The van der Waals surface area contributed by atoms with Crippen LogP contribution in [-0.4, -0.2) is 69.1 Å². The number of nitrogens with two attached hydrogens (primary N) is 2. The van der Waals surface area contributed by atoms with Crippen molar-refractivity contribution >= 4 is 41.0 Å². The third-order valence-corrected chi connectivity index (χ3v) is 8.45. The van der Waals surface area contributed by atoms with Crippen molar-refractivity contribution in [2.75, 3.05) is 33.7 Å². The Kier molecular flexibility index (Phi) is 28.1. The van der Waals surface area contributed by atoms with E-state index in [1.54, 1.807) is 11.3 Å². The van der Waals surface area contributed by atoms with Crippen LogP contribution in [0.25, 0.3) is 10.2 Å². The van der Waals surface area contributed by atoms with Crippen LogP contribution >= 0.6 is 11.3 Å². The number of rotatable bonds is 10. The van der Waals surface area contributed by atoms with E-state index in [9.17, 15) is 4.79 Å². The van der Waals surface area contributed by atoms with E-state index in [0.717, 1.165) is 29.9 Å². The van der Waals surface area contributed by atoms with E-state index in [2.05, 4.69) is 65.9 Å². The Labute approximate surface area is 266 Å². The molecular weight excluding hydrogens is 558 g/mol. The molecule has 0 bridgehead atoms. The highest BCUT2D eigenvalue weighted by Gasteiger charge is 2.25. The predicted molar refractivity (Wildman–Crippen MR) is 186 cm³/mol. The molecule has 1 unspecified atom stereocenters. The minimum absolute atomic E-state index is 0.179. The summed E-state index contributed by atoms with van der Waals surface area (Å²) in [6.07, 6.45) is 16.0. The average Bonchev–Trinajstić information content (AvgIpc) is 3.77. The molecule has 1 aliphatic heterocycles. The van der Waals surface area contributed by atoms with Crippen molar-refractivity contribution in [3.8, 4) is 0 Å². The van der Waals surface area contributed by atoms with Crippen molar-refractivity contribution in [2.24, 2.45) is 17.4 Å². The standard InChI is InChI=1S/C28H41N3OS.C2H6.2CH5N.2CH2O/c1-21(2)23-13-14-25-26(20-23)33-28(30-25)16-15-27(32)29-24(22-10-4-5-11-22)12-6-9-19-31-17-7-3-8-18-31;5*1-2/h6,9,13-14,20-22,24H,3-5,7-8,10-12,15-19H2,1-2H3,(H,29,32);1-2H3;2*2H2,1H3;2*1H2/b9-6+;;;;;. The Morgan fingerprint density at radius 3 is 2.19 bits per heavy atom. The van der Waals surface area contributed by atoms with Gasteiger partial charge in [-0.25, -0.2) is 4.98 Å². The SMILES string of the molecule is C=O.C=O.CC.CC(C)c1ccc2nc(CCC(=O)NC(C/C=C/CN3CCCCC3)C3CCCC3)sc2c1.CN.CN. The number of piperidine rings is 1. The number of nitrogens with zero attached hydrogens (tertiary/aromatic N) is 2. The van der Waals surface area contributed by atoms with E-state index in [1.807, 2.05) is 27.4 Å². The van der Waals surface area contributed by atoms with Gasteiger partial charge in [-0.2, -0.15) is 0 Å². The van der Waals surface area contributed by atoms with Crippen LogP contribution in [0.3, 0.4) is 0 Å². The highest BCUT2D eigenvalue weighted by Crippen LogP contribution is 2.30. The number of nitrogens with one attached hydrogen (secondary N) is 1. The number of fused-ring (bicyclic) bond motifs is 1. The number of aryl methyl sites for hydroxylation is 1. The maximum absolute atomic E-state index is 12.9. The molecule has 9 heteroatoms. The Balaban J connectivity index is 0. The molecule has 43 heavy (non-hydrogen) atoms. The molecule has 0 radical (unpaired) electrons. The van der Waals surface area contributed by atoms with Gasteiger partial charge >= 0.3 is 0 Å². The van der Waals surface area contributed by atoms with Crippen molar-refractivity contribution in [3.63, 3.8) is 0 Å². The lowest BCUT2D eigenvalue weighted by Gasteiger charge is -2.25. The van der Waals surface area contributed by atoms with Crippen LogP contribution in [0.5, 0.6) is 0 Å². The monoisotopic (exact) mass is 619 g/mol. The molecule has 246 valence electrons. The minimum Gasteiger partial charge on any atom is -0.353 e. The molecule has 1 aliphatic carbocycles. The Morgan fingerprint density at radius 2 is 1.60 bits per heavy atom. The predicted octanol–water partition coefficient (Wildman–Crippen LogP) is 6.27. The fraction of sp³-hybridized carbons (Fsp3) is 0.647. The summed E-state index contributed by atoms with van der Waals surface area (Å²) in [4.78, 5) is 36.2. The average molecular weight is 620 g/mol. The maximum atomic E-state index is 12.9. The molecule has 2 aliphatic rings. The quantitative estimate of drug-likeness (QED) is 0.267. The maximum Gasteiger partial charge on any atom is 0.220 e. The molecule has 8 nitrogen and oxygen atoms in total. The van der Waals surface area contributed by atoms with Crippen molar-refractivity contribution in [2.45, 2.75) is 104 Å². The van der Waals surface area contributed by atoms with Gasteiger partial charge in [0.25, 0.3) is 0 Å². The summed E-state index contributed by atoms with van der Waals surface area (Å²) in [7, 11) is 3.00. The zero-order valence-electron chi connectivity index (χ0n) is 27.9. The lowest BCUT2D eigenvalue weighted by molar-refractivity contribution is -0.122. The number of benzene rings is 1. The summed E-state index contributed by atoms with van der Waals surface area (Å²) in [6.45, 7) is 16.0. The molecule has 2 heterocycles. The van der Waals surface area contributed by atoms with Gasteiger partial charge in [0.2, 0.25) is 5.91 Å². The van der Waals surface area contributed by atoms with E-state index >= 15 is 0 Å². The summed E-state index contributed by atoms with van der Waals surface area (Å²) >= 11 is 1.74. The molecule has 4 rings (SSSR count). The lowest BCUT2D eigenvalue weighted by atomic mass is 9.95. The number of likely N-dealkylation sites (tertiary alicyclic amines) is 1. The van der Waals surface area contributed by atoms with Crippen LogP contribution in [-0.2, 0) is 20.8 Å². The van der Waals surface area contributed by atoms with Crippen molar-refractivity contribution in [1.29, 1.82) is 0 Å². The van der Waals surface area contributed by atoms with Crippen molar-refractivity contribution in [3.05, 3.63) is 40.9 Å². The second kappa shape index (κ2) is 28.3. The fourth-order valence-electron chi connectivity index (χ4n) is 5.29. The largest absolute Gasteiger partial charge is 0.353 e.